The zero-order valence-corrected chi connectivity index (χ0v) is 10.5. The second kappa shape index (κ2) is 5.75. The predicted molar refractivity (Wildman–Crippen MR) is 65.9 cm³/mol. The van der Waals surface area contributed by atoms with Crippen LogP contribution >= 0.6 is 15.9 Å². The number of amides is 1. The molecule has 0 aliphatic carbocycles. The third-order valence-corrected chi connectivity index (χ3v) is 2.48. The molecule has 4 heteroatoms. The molecule has 1 aromatic rings. The number of anilines is 1. The van der Waals surface area contributed by atoms with Crippen LogP contribution in [0.1, 0.15) is 6.42 Å². The van der Waals surface area contributed by atoms with Gasteiger partial charge in [-0.1, -0.05) is 22.0 Å². The maximum Gasteiger partial charge on any atom is 0.223 e. The number of nitrogens with one attached hydrogen (secondary N) is 1. The monoisotopic (exact) mass is 270 g/mol. The van der Waals surface area contributed by atoms with Crippen molar-refractivity contribution in [2.75, 3.05) is 26.0 Å². The molecule has 0 spiro atoms. The van der Waals surface area contributed by atoms with Gasteiger partial charge in [0, 0.05) is 37.2 Å². The van der Waals surface area contributed by atoms with Crippen LogP contribution in [-0.4, -0.2) is 31.4 Å². The van der Waals surface area contributed by atoms with Crippen LogP contribution in [0.25, 0.3) is 0 Å². The van der Waals surface area contributed by atoms with Crippen LogP contribution in [0.2, 0.25) is 0 Å². The SMILES string of the molecule is CN(C)C(=O)CCNc1cccc(Br)c1. The number of nitrogens with zero attached hydrogens (tertiary/aromatic N) is 1. The van der Waals surface area contributed by atoms with Gasteiger partial charge in [0.1, 0.15) is 0 Å². The van der Waals surface area contributed by atoms with E-state index in [1.807, 2.05) is 24.3 Å². The first-order chi connectivity index (χ1) is 7.09. The number of carbonyl (C=O) groups is 1. The van der Waals surface area contributed by atoms with E-state index in [2.05, 4.69) is 21.2 Å². The topological polar surface area (TPSA) is 32.3 Å². The second-order valence-corrected chi connectivity index (χ2v) is 4.39. The molecule has 82 valence electrons. The summed E-state index contributed by atoms with van der Waals surface area (Å²) in [6.07, 6.45) is 0.513. The van der Waals surface area contributed by atoms with E-state index in [1.54, 1.807) is 19.0 Å². The highest BCUT2D eigenvalue weighted by Gasteiger charge is 2.02. The molecule has 0 aliphatic heterocycles. The molecule has 15 heavy (non-hydrogen) atoms. The van der Waals surface area contributed by atoms with E-state index in [4.69, 9.17) is 0 Å². The minimum absolute atomic E-state index is 0.137. The maximum absolute atomic E-state index is 11.3. The van der Waals surface area contributed by atoms with E-state index in [0.29, 0.717) is 13.0 Å². The summed E-state index contributed by atoms with van der Waals surface area (Å²) in [4.78, 5) is 12.9. The Hall–Kier alpha value is -1.03. The lowest BCUT2D eigenvalue weighted by Gasteiger charge is -2.11. The number of hydrogen-bond acceptors (Lipinski definition) is 2. The molecule has 0 saturated carbocycles. The van der Waals surface area contributed by atoms with Crippen molar-refractivity contribution in [1.82, 2.24) is 4.90 Å². The van der Waals surface area contributed by atoms with Crippen molar-refractivity contribution < 1.29 is 4.79 Å². The summed E-state index contributed by atoms with van der Waals surface area (Å²) >= 11 is 3.39. The number of carbonyl (C=O) groups excluding carboxylic acids is 1. The van der Waals surface area contributed by atoms with Crippen molar-refractivity contribution in [3.8, 4) is 0 Å². The van der Waals surface area contributed by atoms with Gasteiger partial charge in [-0.05, 0) is 18.2 Å². The molecule has 0 heterocycles. The summed E-state index contributed by atoms with van der Waals surface area (Å²) in [6.45, 7) is 0.660. The maximum atomic E-state index is 11.3. The molecule has 0 aromatic heterocycles. The number of hydrogen-bond donors (Lipinski definition) is 1. The molecule has 0 aliphatic rings. The van der Waals surface area contributed by atoms with Crippen LogP contribution in [0.15, 0.2) is 28.7 Å². The molecule has 0 atom stereocenters. The zero-order chi connectivity index (χ0) is 11.3. The minimum Gasteiger partial charge on any atom is -0.384 e. The molecule has 1 amide bonds. The number of rotatable bonds is 4. The van der Waals surface area contributed by atoms with Crippen LogP contribution < -0.4 is 5.32 Å². The molecule has 0 fully saturated rings. The number of halogens is 1. The van der Waals surface area contributed by atoms with Crippen LogP contribution in [0.3, 0.4) is 0 Å². The number of benzene rings is 1. The lowest BCUT2D eigenvalue weighted by Crippen LogP contribution is -2.23. The van der Waals surface area contributed by atoms with Crippen molar-refractivity contribution in [3.63, 3.8) is 0 Å². The summed E-state index contributed by atoms with van der Waals surface area (Å²) in [6, 6.07) is 7.89. The van der Waals surface area contributed by atoms with E-state index in [0.717, 1.165) is 10.2 Å². The Morgan fingerprint density at radius 2 is 2.20 bits per heavy atom. The highest BCUT2D eigenvalue weighted by molar-refractivity contribution is 9.10. The molecule has 0 radical (unpaired) electrons. The molecular formula is C11H15BrN2O. The van der Waals surface area contributed by atoms with Crippen molar-refractivity contribution >= 4 is 27.5 Å². The Balaban J connectivity index is 2.35. The highest BCUT2D eigenvalue weighted by Crippen LogP contribution is 2.15. The van der Waals surface area contributed by atoms with Gasteiger partial charge in [-0.2, -0.15) is 0 Å². The van der Waals surface area contributed by atoms with Gasteiger partial charge in [-0.15, -0.1) is 0 Å². The molecular weight excluding hydrogens is 256 g/mol. The molecule has 0 bridgehead atoms. The lowest BCUT2D eigenvalue weighted by atomic mass is 10.3. The van der Waals surface area contributed by atoms with Crippen LogP contribution in [-0.2, 0) is 4.79 Å². The Labute approximate surface area is 98.6 Å². The summed E-state index contributed by atoms with van der Waals surface area (Å²) < 4.78 is 1.03. The smallest absolute Gasteiger partial charge is 0.223 e. The fraction of sp³-hybridized carbons (Fsp3) is 0.364. The Bertz CT molecular complexity index is 339. The van der Waals surface area contributed by atoms with Gasteiger partial charge in [0.15, 0.2) is 0 Å². The summed E-state index contributed by atoms with van der Waals surface area (Å²) in [5.41, 5.74) is 1.02. The van der Waals surface area contributed by atoms with E-state index in [9.17, 15) is 4.79 Å². The summed E-state index contributed by atoms with van der Waals surface area (Å²) in [5.74, 6) is 0.137. The quantitative estimate of drug-likeness (QED) is 0.911. The van der Waals surface area contributed by atoms with Crippen LogP contribution in [0.5, 0.6) is 0 Å². The Morgan fingerprint density at radius 1 is 1.47 bits per heavy atom. The van der Waals surface area contributed by atoms with Crippen LogP contribution in [0, 0.1) is 0 Å². The fourth-order valence-electron chi connectivity index (χ4n) is 1.14. The fourth-order valence-corrected chi connectivity index (χ4v) is 1.54. The summed E-state index contributed by atoms with van der Waals surface area (Å²) in [5, 5.41) is 3.19. The second-order valence-electron chi connectivity index (χ2n) is 3.48. The average Bonchev–Trinajstić information content (AvgIpc) is 2.17. The predicted octanol–water partition coefficient (Wildman–Crippen LogP) is 2.34. The molecule has 0 saturated heterocycles. The minimum atomic E-state index is 0.137. The molecule has 0 unspecified atom stereocenters. The van der Waals surface area contributed by atoms with Gasteiger partial charge in [0.05, 0.1) is 0 Å². The third kappa shape index (κ3) is 4.34. The van der Waals surface area contributed by atoms with Crippen molar-refractivity contribution in [2.45, 2.75) is 6.42 Å². The van der Waals surface area contributed by atoms with Gasteiger partial charge in [-0.3, -0.25) is 4.79 Å². The van der Waals surface area contributed by atoms with E-state index < -0.39 is 0 Å². The zero-order valence-electron chi connectivity index (χ0n) is 8.96. The normalized spacial score (nSPS) is 9.80. The third-order valence-electron chi connectivity index (χ3n) is 1.99. The average molecular weight is 271 g/mol. The van der Waals surface area contributed by atoms with E-state index in [1.165, 1.54) is 0 Å². The first-order valence-corrected chi connectivity index (χ1v) is 5.58. The van der Waals surface area contributed by atoms with E-state index in [-0.39, 0.29) is 5.91 Å². The highest BCUT2D eigenvalue weighted by atomic mass is 79.9. The largest absolute Gasteiger partial charge is 0.384 e. The van der Waals surface area contributed by atoms with E-state index >= 15 is 0 Å². The van der Waals surface area contributed by atoms with Gasteiger partial charge in [0.25, 0.3) is 0 Å². The molecule has 1 aromatic carbocycles. The molecule has 1 N–H and O–H groups in total. The van der Waals surface area contributed by atoms with Crippen molar-refractivity contribution in [3.05, 3.63) is 28.7 Å². The molecule has 3 nitrogen and oxygen atoms in total. The van der Waals surface area contributed by atoms with Gasteiger partial charge < -0.3 is 10.2 Å². The lowest BCUT2D eigenvalue weighted by molar-refractivity contribution is -0.128. The first kappa shape index (κ1) is 12.0. The van der Waals surface area contributed by atoms with Gasteiger partial charge >= 0.3 is 0 Å². The van der Waals surface area contributed by atoms with Gasteiger partial charge in [-0.25, -0.2) is 0 Å². The van der Waals surface area contributed by atoms with Crippen molar-refractivity contribution in [1.29, 1.82) is 0 Å². The molecule has 1 rings (SSSR count). The standard InChI is InChI=1S/C11H15BrN2O/c1-14(2)11(15)6-7-13-10-5-3-4-9(12)8-10/h3-5,8,13H,6-7H2,1-2H3. The van der Waals surface area contributed by atoms with Gasteiger partial charge in [0.2, 0.25) is 5.91 Å². The Morgan fingerprint density at radius 3 is 2.80 bits per heavy atom. The van der Waals surface area contributed by atoms with Crippen molar-refractivity contribution in [2.24, 2.45) is 0 Å². The van der Waals surface area contributed by atoms with Crippen LogP contribution in [0.4, 0.5) is 5.69 Å². The summed E-state index contributed by atoms with van der Waals surface area (Å²) in [7, 11) is 3.53. The first-order valence-electron chi connectivity index (χ1n) is 4.79. The Kier molecular flexibility index (Phi) is 4.62.